The number of carbonyl (C=O) groups excluding carboxylic acids is 1. The van der Waals surface area contributed by atoms with Gasteiger partial charge in [-0.3, -0.25) is 9.59 Å². The van der Waals surface area contributed by atoms with Crippen molar-refractivity contribution in [2.24, 2.45) is 0 Å². The minimum absolute atomic E-state index is 0.162. The van der Waals surface area contributed by atoms with Crippen molar-refractivity contribution in [3.8, 4) is 0 Å². The molecule has 8 nitrogen and oxygen atoms in total. The molecule has 9 heteroatoms. The summed E-state index contributed by atoms with van der Waals surface area (Å²) in [6.07, 6.45) is 1.57. The van der Waals surface area contributed by atoms with Crippen LogP contribution in [0, 0.1) is 0 Å². The summed E-state index contributed by atoms with van der Waals surface area (Å²) in [5.41, 5.74) is 0. The predicted octanol–water partition coefficient (Wildman–Crippen LogP) is -0.887. The van der Waals surface area contributed by atoms with Gasteiger partial charge >= 0.3 is 5.97 Å². The summed E-state index contributed by atoms with van der Waals surface area (Å²) in [6.45, 7) is 1.19. The molecule has 2 atom stereocenters. The Balaban J connectivity index is 2.03. The standard InChI is InChI=1S/C12H20N2O6S/c1-21(18,19)14-4-2-3-10(14)12(17)13-5-6-20-9(8-13)7-11(15)16/h9-10H,2-8H2,1H3,(H,15,16)/t9-,10-/m0/s1. The Bertz CT molecular complexity index is 520. The molecule has 0 aliphatic carbocycles. The van der Waals surface area contributed by atoms with Crippen molar-refractivity contribution in [2.75, 3.05) is 32.5 Å². The van der Waals surface area contributed by atoms with E-state index in [1.54, 1.807) is 0 Å². The number of morpholine rings is 1. The van der Waals surface area contributed by atoms with E-state index in [1.165, 1.54) is 9.21 Å². The second kappa shape index (κ2) is 6.29. The zero-order valence-corrected chi connectivity index (χ0v) is 12.7. The molecular formula is C12H20N2O6S. The van der Waals surface area contributed by atoms with Gasteiger partial charge in [-0.1, -0.05) is 0 Å². The van der Waals surface area contributed by atoms with Crippen molar-refractivity contribution in [1.29, 1.82) is 0 Å². The molecule has 0 unspecified atom stereocenters. The van der Waals surface area contributed by atoms with Crippen LogP contribution in [0.2, 0.25) is 0 Å². The highest BCUT2D eigenvalue weighted by Gasteiger charge is 2.39. The van der Waals surface area contributed by atoms with Gasteiger partial charge in [0.1, 0.15) is 6.04 Å². The molecule has 0 aromatic rings. The van der Waals surface area contributed by atoms with Crippen LogP contribution in [0.25, 0.3) is 0 Å². The summed E-state index contributed by atoms with van der Waals surface area (Å²) in [5.74, 6) is -1.23. The van der Waals surface area contributed by atoms with E-state index in [0.717, 1.165) is 6.26 Å². The number of rotatable bonds is 4. The first-order valence-electron chi connectivity index (χ1n) is 6.88. The van der Waals surface area contributed by atoms with Gasteiger partial charge < -0.3 is 14.7 Å². The normalized spacial score (nSPS) is 27.8. The Hall–Kier alpha value is -1.19. The van der Waals surface area contributed by atoms with Crippen molar-refractivity contribution in [3.05, 3.63) is 0 Å². The number of ether oxygens (including phenoxy) is 1. The topological polar surface area (TPSA) is 104 Å². The predicted molar refractivity (Wildman–Crippen MR) is 73.1 cm³/mol. The van der Waals surface area contributed by atoms with Gasteiger partial charge in [0, 0.05) is 19.6 Å². The van der Waals surface area contributed by atoms with Crippen LogP contribution in [-0.4, -0.2) is 79.2 Å². The first-order chi connectivity index (χ1) is 9.79. The minimum atomic E-state index is -3.41. The monoisotopic (exact) mass is 320 g/mol. The molecule has 1 amide bonds. The Morgan fingerprint density at radius 3 is 2.67 bits per heavy atom. The minimum Gasteiger partial charge on any atom is -0.481 e. The van der Waals surface area contributed by atoms with Gasteiger partial charge in [0.15, 0.2) is 0 Å². The van der Waals surface area contributed by atoms with Gasteiger partial charge in [0.2, 0.25) is 15.9 Å². The summed E-state index contributed by atoms with van der Waals surface area (Å²) in [6, 6.07) is -0.663. The fraction of sp³-hybridized carbons (Fsp3) is 0.833. The van der Waals surface area contributed by atoms with Crippen LogP contribution in [0.4, 0.5) is 0 Å². The summed E-state index contributed by atoms with van der Waals surface area (Å²) < 4.78 is 29.9. The molecule has 2 rings (SSSR count). The van der Waals surface area contributed by atoms with Gasteiger partial charge in [-0.25, -0.2) is 8.42 Å². The van der Waals surface area contributed by atoms with Crippen molar-refractivity contribution < 1.29 is 27.9 Å². The first-order valence-corrected chi connectivity index (χ1v) is 8.73. The fourth-order valence-corrected chi connectivity index (χ4v) is 3.95. The van der Waals surface area contributed by atoms with Crippen LogP contribution >= 0.6 is 0 Å². The smallest absolute Gasteiger partial charge is 0.306 e. The largest absolute Gasteiger partial charge is 0.481 e. The van der Waals surface area contributed by atoms with E-state index in [1.807, 2.05) is 0 Å². The Morgan fingerprint density at radius 2 is 2.05 bits per heavy atom. The third kappa shape index (κ3) is 3.92. The summed E-state index contributed by atoms with van der Waals surface area (Å²) >= 11 is 0. The number of carboxylic acid groups (broad SMARTS) is 1. The maximum atomic E-state index is 12.5. The molecule has 0 spiro atoms. The number of carboxylic acids is 1. The average molecular weight is 320 g/mol. The molecule has 1 N–H and O–H groups in total. The van der Waals surface area contributed by atoms with Crippen LogP contribution in [0.5, 0.6) is 0 Å². The van der Waals surface area contributed by atoms with Crippen LogP contribution in [0.1, 0.15) is 19.3 Å². The number of carbonyl (C=O) groups is 2. The third-order valence-electron chi connectivity index (χ3n) is 3.77. The molecule has 2 heterocycles. The van der Waals surface area contributed by atoms with E-state index < -0.39 is 28.1 Å². The molecule has 0 radical (unpaired) electrons. The summed E-state index contributed by atoms with van der Waals surface area (Å²) in [5, 5.41) is 8.78. The lowest BCUT2D eigenvalue weighted by Crippen LogP contribution is -2.53. The first kappa shape index (κ1) is 16.2. The molecule has 2 aliphatic rings. The molecule has 2 aliphatic heterocycles. The Morgan fingerprint density at radius 1 is 1.33 bits per heavy atom. The molecule has 0 saturated carbocycles. The van der Waals surface area contributed by atoms with E-state index >= 15 is 0 Å². The lowest BCUT2D eigenvalue weighted by Gasteiger charge is -2.35. The Kier molecular flexibility index (Phi) is 4.84. The van der Waals surface area contributed by atoms with Crippen molar-refractivity contribution >= 4 is 21.9 Å². The Labute approximate surface area is 123 Å². The van der Waals surface area contributed by atoms with E-state index in [2.05, 4.69) is 0 Å². The van der Waals surface area contributed by atoms with E-state index in [9.17, 15) is 18.0 Å². The SMILES string of the molecule is CS(=O)(=O)N1CCC[C@H]1C(=O)N1CCO[C@@H](CC(=O)O)C1. The maximum Gasteiger partial charge on any atom is 0.306 e. The molecular weight excluding hydrogens is 300 g/mol. The number of sulfonamides is 1. The van der Waals surface area contributed by atoms with Crippen molar-refractivity contribution in [3.63, 3.8) is 0 Å². The number of hydrogen-bond donors (Lipinski definition) is 1. The zero-order chi connectivity index (χ0) is 15.6. The van der Waals surface area contributed by atoms with Crippen LogP contribution < -0.4 is 0 Å². The third-order valence-corrected chi connectivity index (χ3v) is 5.06. The van der Waals surface area contributed by atoms with Crippen LogP contribution in [0.15, 0.2) is 0 Å². The molecule has 2 saturated heterocycles. The number of amides is 1. The summed E-state index contributed by atoms with van der Waals surface area (Å²) in [7, 11) is -3.41. The van der Waals surface area contributed by atoms with Gasteiger partial charge in [0.25, 0.3) is 0 Å². The van der Waals surface area contributed by atoms with Gasteiger partial charge in [0.05, 0.1) is 25.4 Å². The highest BCUT2D eigenvalue weighted by atomic mass is 32.2. The molecule has 21 heavy (non-hydrogen) atoms. The molecule has 2 fully saturated rings. The van der Waals surface area contributed by atoms with E-state index in [4.69, 9.17) is 9.84 Å². The maximum absolute atomic E-state index is 12.5. The highest BCUT2D eigenvalue weighted by Crippen LogP contribution is 2.23. The van der Waals surface area contributed by atoms with E-state index in [-0.39, 0.29) is 25.5 Å². The molecule has 0 aromatic carbocycles. The average Bonchev–Trinajstić information content (AvgIpc) is 2.86. The number of hydrogen-bond acceptors (Lipinski definition) is 5. The lowest BCUT2D eigenvalue weighted by atomic mass is 10.1. The van der Waals surface area contributed by atoms with Gasteiger partial charge in [-0.2, -0.15) is 4.31 Å². The van der Waals surface area contributed by atoms with Gasteiger partial charge in [-0.15, -0.1) is 0 Å². The lowest BCUT2D eigenvalue weighted by molar-refractivity contribution is -0.149. The second-order valence-electron chi connectivity index (χ2n) is 5.41. The molecule has 0 aromatic heterocycles. The number of aliphatic carboxylic acids is 1. The summed E-state index contributed by atoms with van der Waals surface area (Å²) in [4.78, 5) is 24.7. The van der Waals surface area contributed by atoms with Crippen LogP contribution in [0.3, 0.4) is 0 Å². The van der Waals surface area contributed by atoms with E-state index in [0.29, 0.717) is 25.9 Å². The number of nitrogens with zero attached hydrogens (tertiary/aromatic N) is 2. The van der Waals surface area contributed by atoms with Crippen molar-refractivity contribution in [1.82, 2.24) is 9.21 Å². The van der Waals surface area contributed by atoms with Crippen molar-refractivity contribution in [2.45, 2.75) is 31.4 Å². The van der Waals surface area contributed by atoms with Gasteiger partial charge in [-0.05, 0) is 12.8 Å². The second-order valence-corrected chi connectivity index (χ2v) is 7.34. The van der Waals surface area contributed by atoms with Crippen LogP contribution in [-0.2, 0) is 24.3 Å². The quantitative estimate of drug-likeness (QED) is 0.721. The molecule has 0 bridgehead atoms. The highest BCUT2D eigenvalue weighted by molar-refractivity contribution is 7.88. The fourth-order valence-electron chi connectivity index (χ4n) is 2.83. The zero-order valence-electron chi connectivity index (χ0n) is 11.9. The molecule has 120 valence electrons.